The molecule has 19 heavy (non-hydrogen) atoms. The largest absolute Gasteiger partial charge is 0.330 e. The van der Waals surface area contributed by atoms with E-state index in [-0.39, 0.29) is 5.69 Å². The molecule has 1 aromatic carbocycles. The lowest BCUT2D eigenvalue weighted by atomic mass is 10.1. The molecular formula is C14H22N4O. The zero-order valence-electron chi connectivity index (χ0n) is 11.6. The van der Waals surface area contributed by atoms with Crippen molar-refractivity contribution in [2.75, 3.05) is 26.7 Å². The van der Waals surface area contributed by atoms with Gasteiger partial charge in [0, 0.05) is 13.1 Å². The van der Waals surface area contributed by atoms with Crippen LogP contribution in [0, 0.1) is 5.92 Å². The normalized spacial score (nSPS) is 13.3. The van der Waals surface area contributed by atoms with Gasteiger partial charge in [0.25, 0.3) is 0 Å². The van der Waals surface area contributed by atoms with Gasteiger partial charge in [0.2, 0.25) is 0 Å². The number of benzene rings is 1. The van der Waals surface area contributed by atoms with E-state index in [2.05, 4.69) is 34.9 Å². The number of H-pyrrole nitrogens is 2. The maximum absolute atomic E-state index is 11.2. The molecule has 0 saturated carbocycles. The Balaban J connectivity index is 1.95. The average molecular weight is 262 g/mol. The fourth-order valence-corrected chi connectivity index (χ4v) is 2.25. The predicted molar refractivity (Wildman–Crippen MR) is 78.3 cm³/mol. The molecule has 0 aliphatic heterocycles. The van der Waals surface area contributed by atoms with E-state index in [1.54, 1.807) is 0 Å². The monoisotopic (exact) mass is 262 g/mol. The van der Waals surface area contributed by atoms with Crippen LogP contribution in [0.15, 0.2) is 23.0 Å². The second-order valence-corrected chi connectivity index (χ2v) is 5.31. The smallest absolute Gasteiger partial charge is 0.323 e. The first kappa shape index (κ1) is 13.8. The number of aromatic nitrogens is 2. The van der Waals surface area contributed by atoms with Crippen LogP contribution in [-0.2, 0) is 6.42 Å². The molecule has 4 N–H and O–H groups in total. The maximum atomic E-state index is 11.2. The molecule has 104 valence electrons. The topological polar surface area (TPSA) is 77.9 Å². The van der Waals surface area contributed by atoms with Crippen LogP contribution < -0.4 is 11.4 Å². The number of imidazole rings is 1. The van der Waals surface area contributed by atoms with Gasteiger partial charge in [-0.3, -0.25) is 0 Å². The van der Waals surface area contributed by atoms with E-state index < -0.39 is 0 Å². The molecule has 1 aromatic heterocycles. The van der Waals surface area contributed by atoms with Gasteiger partial charge in [0.15, 0.2) is 0 Å². The number of likely N-dealkylation sites (N-methyl/N-ethyl adjacent to an activating group) is 1. The minimum Gasteiger partial charge on any atom is -0.330 e. The van der Waals surface area contributed by atoms with Crippen molar-refractivity contribution >= 4 is 11.0 Å². The summed E-state index contributed by atoms with van der Waals surface area (Å²) in [5, 5.41) is 0. The van der Waals surface area contributed by atoms with Crippen molar-refractivity contribution in [1.29, 1.82) is 0 Å². The lowest BCUT2D eigenvalue weighted by Crippen LogP contribution is -2.29. The summed E-state index contributed by atoms with van der Waals surface area (Å²) in [6.45, 7) is 4.89. The van der Waals surface area contributed by atoms with Crippen LogP contribution in [0.3, 0.4) is 0 Å². The first-order valence-electron chi connectivity index (χ1n) is 6.68. The Kier molecular flexibility index (Phi) is 4.39. The first-order chi connectivity index (χ1) is 9.08. The maximum Gasteiger partial charge on any atom is 0.323 e. The van der Waals surface area contributed by atoms with Gasteiger partial charge in [-0.05, 0) is 43.6 Å². The van der Waals surface area contributed by atoms with E-state index in [1.165, 1.54) is 5.56 Å². The molecule has 0 bridgehead atoms. The Bertz CT molecular complexity index is 586. The predicted octanol–water partition coefficient (Wildman–Crippen LogP) is 0.925. The minimum absolute atomic E-state index is 0.152. The Morgan fingerprint density at radius 3 is 2.79 bits per heavy atom. The molecule has 1 heterocycles. The van der Waals surface area contributed by atoms with Crippen LogP contribution in [0.4, 0.5) is 0 Å². The van der Waals surface area contributed by atoms with Gasteiger partial charge in [-0.1, -0.05) is 13.0 Å². The summed E-state index contributed by atoms with van der Waals surface area (Å²) < 4.78 is 0. The number of hydrogen-bond donors (Lipinski definition) is 3. The molecule has 0 amide bonds. The van der Waals surface area contributed by atoms with Crippen LogP contribution in [0.1, 0.15) is 12.5 Å². The number of aromatic amines is 2. The van der Waals surface area contributed by atoms with Gasteiger partial charge in [-0.25, -0.2) is 4.79 Å². The lowest BCUT2D eigenvalue weighted by Gasteiger charge is -2.20. The highest BCUT2D eigenvalue weighted by atomic mass is 16.1. The van der Waals surface area contributed by atoms with Crippen LogP contribution in [-0.4, -0.2) is 41.5 Å². The molecule has 5 heteroatoms. The number of rotatable bonds is 6. The summed E-state index contributed by atoms with van der Waals surface area (Å²) in [5.74, 6) is 0.522. The van der Waals surface area contributed by atoms with Crippen molar-refractivity contribution in [3.05, 3.63) is 34.2 Å². The van der Waals surface area contributed by atoms with E-state index in [0.29, 0.717) is 5.92 Å². The van der Waals surface area contributed by atoms with Gasteiger partial charge in [0.05, 0.1) is 11.0 Å². The SMILES string of the molecule is CC(CN)CN(C)CCc1ccc2[nH]c(=O)[nH]c2c1. The van der Waals surface area contributed by atoms with Gasteiger partial charge in [-0.2, -0.15) is 0 Å². The zero-order chi connectivity index (χ0) is 13.8. The summed E-state index contributed by atoms with van der Waals surface area (Å²) in [4.78, 5) is 19.0. The Morgan fingerprint density at radius 1 is 1.32 bits per heavy atom. The van der Waals surface area contributed by atoms with Crippen LogP contribution in [0.2, 0.25) is 0 Å². The molecule has 2 aromatic rings. The molecule has 2 rings (SSSR count). The van der Waals surface area contributed by atoms with E-state index in [4.69, 9.17) is 5.73 Å². The average Bonchev–Trinajstić information content (AvgIpc) is 2.75. The standard InChI is InChI=1S/C14H22N4O/c1-10(8-15)9-18(2)6-5-11-3-4-12-13(7-11)17-14(19)16-12/h3-4,7,10H,5-6,8-9,15H2,1-2H3,(H2,16,17,19). The summed E-state index contributed by atoms with van der Waals surface area (Å²) in [6, 6.07) is 6.05. The van der Waals surface area contributed by atoms with Gasteiger partial charge in [-0.15, -0.1) is 0 Å². The number of nitrogens with two attached hydrogens (primary N) is 1. The fraction of sp³-hybridized carbons (Fsp3) is 0.500. The number of nitrogens with zero attached hydrogens (tertiary/aromatic N) is 1. The van der Waals surface area contributed by atoms with Gasteiger partial charge >= 0.3 is 5.69 Å². The second-order valence-electron chi connectivity index (χ2n) is 5.31. The highest BCUT2D eigenvalue weighted by Crippen LogP contribution is 2.11. The number of nitrogens with one attached hydrogen (secondary N) is 2. The van der Waals surface area contributed by atoms with E-state index in [0.717, 1.165) is 37.1 Å². The molecule has 0 aliphatic rings. The van der Waals surface area contributed by atoms with E-state index in [9.17, 15) is 4.79 Å². The third-order valence-electron chi connectivity index (χ3n) is 3.39. The highest BCUT2D eigenvalue weighted by Gasteiger charge is 2.05. The van der Waals surface area contributed by atoms with E-state index >= 15 is 0 Å². The molecule has 0 saturated heterocycles. The van der Waals surface area contributed by atoms with Gasteiger partial charge < -0.3 is 20.6 Å². The highest BCUT2D eigenvalue weighted by molar-refractivity contribution is 5.74. The Labute approximate surface area is 112 Å². The number of fused-ring (bicyclic) bond motifs is 1. The molecule has 0 radical (unpaired) electrons. The number of hydrogen-bond acceptors (Lipinski definition) is 3. The fourth-order valence-electron chi connectivity index (χ4n) is 2.25. The summed E-state index contributed by atoms with van der Waals surface area (Å²) in [7, 11) is 2.11. The molecule has 0 spiro atoms. The Morgan fingerprint density at radius 2 is 2.05 bits per heavy atom. The van der Waals surface area contributed by atoms with Gasteiger partial charge in [0.1, 0.15) is 0 Å². The van der Waals surface area contributed by atoms with Crippen molar-refractivity contribution in [2.45, 2.75) is 13.3 Å². The molecule has 0 fully saturated rings. The summed E-state index contributed by atoms with van der Waals surface area (Å²) >= 11 is 0. The Hall–Kier alpha value is -1.59. The molecule has 5 nitrogen and oxygen atoms in total. The first-order valence-corrected chi connectivity index (χ1v) is 6.68. The van der Waals surface area contributed by atoms with Crippen molar-refractivity contribution in [3.63, 3.8) is 0 Å². The minimum atomic E-state index is -0.152. The third kappa shape index (κ3) is 3.68. The van der Waals surface area contributed by atoms with E-state index in [1.807, 2.05) is 12.1 Å². The molecule has 1 atom stereocenters. The van der Waals surface area contributed by atoms with Crippen molar-refractivity contribution in [3.8, 4) is 0 Å². The van der Waals surface area contributed by atoms with Crippen LogP contribution in [0.25, 0.3) is 11.0 Å². The van der Waals surface area contributed by atoms with Crippen molar-refractivity contribution < 1.29 is 0 Å². The summed E-state index contributed by atoms with van der Waals surface area (Å²) in [5.41, 5.74) is 8.44. The van der Waals surface area contributed by atoms with Crippen LogP contribution in [0.5, 0.6) is 0 Å². The molecule has 1 unspecified atom stereocenters. The van der Waals surface area contributed by atoms with Crippen LogP contribution >= 0.6 is 0 Å². The van der Waals surface area contributed by atoms with Crippen molar-refractivity contribution in [1.82, 2.24) is 14.9 Å². The lowest BCUT2D eigenvalue weighted by molar-refractivity contribution is 0.292. The molecule has 0 aliphatic carbocycles. The molecular weight excluding hydrogens is 240 g/mol. The zero-order valence-corrected chi connectivity index (χ0v) is 11.6. The second kappa shape index (κ2) is 6.04. The van der Waals surface area contributed by atoms with Crippen molar-refractivity contribution in [2.24, 2.45) is 11.7 Å². The quantitative estimate of drug-likeness (QED) is 0.724. The summed E-state index contributed by atoms with van der Waals surface area (Å²) in [6.07, 6.45) is 0.969. The third-order valence-corrected chi connectivity index (χ3v) is 3.39.